The molecule has 170 valence electrons. The highest BCUT2D eigenvalue weighted by molar-refractivity contribution is 5.97. The fraction of sp³-hybridized carbons (Fsp3) is 0.269. The zero-order valence-electron chi connectivity index (χ0n) is 18.4. The second-order valence-electron chi connectivity index (χ2n) is 7.92. The fourth-order valence-corrected chi connectivity index (χ4v) is 3.74. The second-order valence-corrected chi connectivity index (χ2v) is 7.92. The molecule has 1 aliphatic rings. The maximum absolute atomic E-state index is 13.1. The van der Waals surface area contributed by atoms with Crippen molar-refractivity contribution in [3.8, 4) is 0 Å². The number of hydrogen-bond donors (Lipinski definition) is 2. The molecule has 0 saturated carbocycles. The lowest BCUT2D eigenvalue weighted by Gasteiger charge is -2.28. The average Bonchev–Trinajstić information content (AvgIpc) is 2.88. The van der Waals surface area contributed by atoms with Crippen molar-refractivity contribution in [2.45, 2.75) is 19.0 Å². The number of benzene rings is 2. The van der Waals surface area contributed by atoms with Crippen molar-refractivity contribution in [3.05, 3.63) is 95.7 Å². The Morgan fingerprint density at radius 2 is 1.64 bits per heavy atom. The van der Waals surface area contributed by atoms with Crippen LogP contribution in [0.1, 0.15) is 21.5 Å². The first kappa shape index (κ1) is 22.5. The SMILES string of the molecule is O=C(N[C@H](Cc1ccccc1)C(=O)NCc1ccnc(N2CCOCC2)c1)c1ccccc1. The summed E-state index contributed by atoms with van der Waals surface area (Å²) in [4.78, 5) is 32.5. The molecule has 2 heterocycles. The Hall–Kier alpha value is -3.71. The van der Waals surface area contributed by atoms with Crippen LogP contribution in [-0.2, 0) is 22.5 Å². The molecular weight excluding hydrogens is 416 g/mol. The predicted molar refractivity (Wildman–Crippen MR) is 127 cm³/mol. The zero-order valence-corrected chi connectivity index (χ0v) is 18.4. The van der Waals surface area contributed by atoms with E-state index in [0.717, 1.165) is 30.0 Å². The number of carbonyl (C=O) groups is 2. The van der Waals surface area contributed by atoms with Crippen molar-refractivity contribution in [1.82, 2.24) is 15.6 Å². The number of carbonyl (C=O) groups excluding carboxylic acids is 2. The van der Waals surface area contributed by atoms with Crippen LogP contribution in [-0.4, -0.2) is 49.1 Å². The number of anilines is 1. The second kappa shape index (κ2) is 11.2. The highest BCUT2D eigenvalue weighted by Gasteiger charge is 2.22. The fourth-order valence-electron chi connectivity index (χ4n) is 3.74. The van der Waals surface area contributed by atoms with Crippen molar-refractivity contribution in [2.75, 3.05) is 31.2 Å². The number of amides is 2. The van der Waals surface area contributed by atoms with Crippen LogP contribution < -0.4 is 15.5 Å². The average molecular weight is 445 g/mol. The van der Waals surface area contributed by atoms with Crippen LogP contribution in [0.25, 0.3) is 0 Å². The van der Waals surface area contributed by atoms with Gasteiger partial charge in [0.1, 0.15) is 11.9 Å². The highest BCUT2D eigenvalue weighted by atomic mass is 16.5. The maximum Gasteiger partial charge on any atom is 0.251 e. The molecule has 0 spiro atoms. The summed E-state index contributed by atoms with van der Waals surface area (Å²) in [6.45, 7) is 3.32. The summed E-state index contributed by atoms with van der Waals surface area (Å²) in [6, 6.07) is 21.8. The van der Waals surface area contributed by atoms with Crippen LogP contribution in [0.5, 0.6) is 0 Å². The molecule has 0 unspecified atom stereocenters. The number of pyridine rings is 1. The summed E-state index contributed by atoms with van der Waals surface area (Å²) in [6.07, 6.45) is 2.16. The summed E-state index contributed by atoms with van der Waals surface area (Å²) < 4.78 is 5.41. The Labute approximate surface area is 193 Å². The van der Waals surface area contributed by atoms with Gasteiger partial charge in [-0.15, -0.1) is 0 Å². The third-order valence-corrected chi connectivity index (χ3v) is 5.55. The van der Waals surface area contributed by atoms with Gasteiger partial charge in [0.05, 0.1) is 13.2 Å². The van der Waals surface area contributed by atoms with Crippen molar-refractivity contribution >= 4 is 17.6 Å². The van der Waals surface area contributed by atoms with E-state index in [9.17, 15) is 9.59 Å². The third-order valence-electron chi connectivity index (χ3n) is 5.55. The zero-order chi connectivity index (χ0) is 22.9. The van der Waals surface area contributed by atoms with E-state index >= 15 is 0 Å². The van der Waals surface area contributed by atoms with Crippen molar-refractivity contribution in [1.29, 1.82) is 0 Å². The lowest BCUT2D eigenvalue weighted by Crippen LogP contribution is -2.47. The van der Waals surface area contributed by atoms with E-state index in [4.69, 9.17) is 4.74 Å². The molecule has 2 aromatic carbocycles. The highest BCUT2D eigenvalue weighted by Crippen LogP contribution is 2.14. The van der Waals surface area contributed by atoms with Gasteiger partial charge >= 0.3 is 0 Å². The molecule has 33 heavy (non-hydrogen) atoms. The molecule has 4 rings (SSSR count). The Kier molecular flexibility index (Phi) is 7.66. The molecule has 7 heteroatoms. The molecule has 1 fully saturated rings. The van der Waals surface area contributed by atoms with Gasteiger partial charge in [0, 0.05) is 37.8 Å². The molecule has 3 aromatic rings. The summed E-state index contributed by atoms with van der Waals surface area (Å²) in [5.74, 6) is 0.376. The molecule has 1 aliphatic heterocycles. The van der Waals surface area contributed by atoms with Crippen LogP contribution in [0.3, 0.4) is 0 Å². The van der Waals surface area contributed by atoms with Crippen molar-refractivity contribution in [3.63, 3.8) is 0 Å². The van der Waals surface area contributed by atoms with Crippen LogP contribution in [0.2, 0.25) is 0 Å². The molecular formula is C26H28N4O3. The Bertz CT molecular complexity index is 1050. The Balaban J connectivity index is 1.43. The number of ether oxygens (including phenoxy) is 1. The molecule has 1 saturated heterocycles. The topological polar surface area (TPSA) is 83.6 Å². The minimum absolute atomic E-state index is 0.229. The number of rotatable bonds is 8. The standard InChI is InChI=1S/C26H28N4O3/c31-25(22-9-5-2-6-10-22)29-23(17-20-7-3-1-4-8-20)26(32)28-19-21-11-12-27-24(18-21)30-13-15-33-16-14-30/h1-12,18,23H,13-17,19H2,(H,28,32)(H,29,31)/t23-/m1/s1. The molecule has 0 aliphatic carbocycles. The molecule has 1 aromatic heterocycles. The first-order valence-corrected chi connectivity index (χ1v) is 11.1. The van der Waals surface area contributed by atoms with Crippen LogP contribution in [0.4, 0.5) is 5.82 Å². The van der Waals surface area contributed by atoms with Gasteiger partial charge in [-0.05, 0) is 35.4 Å². The summed E-state index contributed by atoms with van der Waals surface area (Å²) in [5.41, 5.74) is 2.45. The third kappa shape index (κ3) is 6.40. The number of aromatic nitrogens is 1. The van der Waals surface area contributed by atoms with E-state index in [1.54, 1.807) is 30.5 Å². The largest absolute Gasteiger partial charge is 0.378 e. The van der Waals surface area contributed by atoms with Gasteiger partial charge < -0.3 is 20.3 Å². The summed E-state index contributed by atoms with van der Waals surface area (Å²) >= 11 is 0. The maximum atomic E-state index is 13.1. The van der Waals surface area contributed by atoms with E-state index < -0.39 is 6.04 Å². The first-order chi connectivity index (χ1) is 16.2. The molecule has 0 bridgehead atoms. The lowest BCUT2D eigenvalue weighted by molar-refractivity contribution is -0.123. The molecule has 1 atom stereocenters. The minimum Gasteiger partial charge on any atom is -0.378 e. The van der Waals surface area contributed by atoms with Gasteiger partial charge in [0.25, 0.3) is 5.91 Å². The van der Waals surface area contributed by atoms with Crippen molar-refractivity contribution in [2.24, 2.45) is 0 Å². The number of hydrogen-bond acceptors (Lipinski definition) is 5. The lowest BCUT2D eigenvalue weighted by atomic mass is 10.0. The van der Waals surface area contributed by atoms with Gasteiger partial charge in [0.2, 0.25) is 5.91 Å². The summed E-state index contributed by atoms with van der Waals surface area (Å²) in [5, 5.41) is 5.88. The van der Waals surface area contributed by atoms with E-state index in [0.29, 0.717) is 31.7 Å². The van der Waals surface area contributed by atoms with Gasteiger partial charge in [-0.1, -0.05) is 48.5 Å². The number of nitrogens with zero attached hydrogens (tertiary/aromatic N) is 2. The van der Waals surface area contributed by atoms with E-state index in [1.165, 1.54) is 0 Å². The number of nitrogens with one attached hydrogen (secondary N) is 2. The smallest absolute Gasteiger partial charge is 0.251 e. The molecule has 7 nitrogen and oxygen atoms in total. The van der Waals surface area contributed by atoms with Crippen molar-refractivity contribution < 1.29 is 14.3 Å². The quantitative estimate of drug-likeness (QED) is 0.558. The van der Waals surface area contributed by atoms with E-state index in [2.05, 4.69) is 20.5 Å². The monoisotopic (exact) mass is 444 g/mol. The Morgan fingerprint density at radius 3 is 2.36 bits per heavy atom. The normalized spacial score (nSPS) is 14.4. The van der Waals surface area contributed by atoms with E-state index in [-0.39, 0.29) is 11.8 Å². The molecule has 2 amide bonds. The van der Waals surface area contributed by atoms with Crippen LogP contribution >= 0.6 is 0 Å². The predicted octanol–water partition coefficient (Wildman–Crippen LogP) is 2.58. The number of morpholine rings is 1. The van der Waals surface area contributed by atoms with Crippen LogP contribution in [0.15, 0.2) is 79.0 Å². The van der Waals surface area contributed by atoms with E-state index in [1.807, 2.05) is 48.5 Å². The van der Waals surface area contributed by atoms with Gasteiger partial charge in [-0.2, -0.15) is 0 Å². The van der Waals surface area contributed by atoms with Gasteiger partial charge in [0.15, 0.2) is 0 Å². The Morgan fingerprint density at radius 1 is 0.939 bits per heavy atom. The minimum atomic E-state index is -0.694. The molecule has 0 radical (unpaired) electrons. The van der Waals surface area contributed by atoms with Crippen LogP contribution in [0, 0.1) is 0 Å². The van der Waals surface area contributed by atoms with Gasteiger partial charge in [-0.25, -0.2) is 4.98 Å². The summed E-state index contributed by atoms with van der Waals surface area (Å²) in [7, 11) is 0. The first-order valence-electron chi connectivity index (χ1n) is 11.1. The van der Waals surface area contributed by atoms with Gasteiger partial charge in [-0.3, -0.25) is 9.59 Å². The molecule has 2 N–H and O–H groups in total.